The molecule has 10 heteroatoms. The molecule has 0 unspecified atom stereocenters. The molecule has 5 aromatic heterocycles. The van der Waals surface area contributed by atoms with Crippen LogP contribution in [-0.2, 0) is 43.3 Å². The quantitative estimate of drug-likeness (QED) is 0.148. The minimum Gasteiger partial charge on any atom is -0.310 e. The Balaban J connectivity index is 1.02. The molecular weight excluding hydrogens is 1390 g/mol. The van der Waals surface area contributed by atoms with Crippen LogP contribution < -0.4 is 16.4 Å². The van der Waals surface area contributed by atoms with Gasteiger partial charge in [-0.25, -0.2) is 29.9 Å². The van der Waals surface area contributed by atoms with Gasteiger partial charge in [0.05, 0.1) is 27.8 Å². The van der Waals surface area contributed by atoms with Gasteiger partial charge in [0.15, 0.2) is 34.9 Å². The zero-order valence-corrected chi connectivity index (χ0v) is 71.2. The second-order valence-electron chi connectivity index (χ2n) is 41.0. The van der Waals surface area contributed by atoms with Gasteiger partial charge in [-0.2, -0.15) is 0 Å². The highest BCUT2D eigenvalue weighted by Gasteiger charge is 2.44. The van der Waals surface area contributed by atoms with Crippen molar-refractivity contribution in [1.29, 1.82) is 0 Å². The van der Waals surface area contributed by atoms with Crippen molar-refractivity contribution in [3.63, 3.8) is 0 Å². The van der Waals surface area contributed by atoms with Crippen LogP contribution in [0.15, 0.2) is 206 Å². The smallest absolute Gasteiger partial charge is 0.252 e. The lowest BCUT2D eigenvalue weighted by Gasteiger charge is -2.36. The fourth-order valence-corrected chi connectivity index (χ4v) is 17.7. The third kappa shape index (κ3) is 12.2. The summed E-state index contributed by atoms with van der Waals surface area (Å²) in [5, 5.41) is 7.10. The van der Waals surface area contributed by atoms with E-state index in [1.54, 1.807) is 0 Å². The Morgan fingerprint density at radius 2 is 0.500 bits per heavy atom. The predicted molar refractivity (Wildman–Crippen MR) is 483 cm³/mol. The molecule has 0 bridgehead atoms. The van der Waals surface area contributed by atoms with Gasteiger partial charge in [0.1, 0.15) is 0 Å². The molecular formula is C104H106BN9. The number of rotatable bonds is 7. The fourth-order valence-electron chi connectivity index (χ4n) is 17.7. The third-order valence-electron chi connectivity index (χ3n) is 24.6. The molecule has 570 valence electrons. The molecule has 2 aliphatic heterocycles. The lowest BCUT2D eigenvalue weighted by atomic mass is 9.34. The second-order valence-corrected chi connectivity index (χ2v) is 41.0. The van der Waals surface area contributed by atoms with Gasteiger partial charge in [0.25, 0.3) is 6.71 Å². The molecule has 0 N–H and O–H groups in total. The largest absolute Gasteiger partial charge is 0.310 e. The summed E-state index contributed by atoms with van der Waals surface area (Å²) in [5.74, 6) is 3.48. The van der Waals surface area contributed by atoms with Crippen LogP contribution in [0.3, 0.4) is 0 Å². The number of aromatic nitrogens is 9. The van der Waals surface area contributed by atoms with E-state index in [2.05, 4.69) is 386 Å². The molecule has 0 atom stereocenters. The van der Waals surface area contributed by atoms with Crippen molar-refractivity contribution in [3.8, 4) is 85.4 Å². The Labute approximate surface area is 673 Å². The first-order valence-electron chi connectivity index (χ1n) is 41.0. The maximum Gasteiger partial charge on any atom is 0.252 e. The SMILES string of the molecule is CC(C)(C)c1ccc(-c2nc(-c3ccc(C(C)(C)C)cc3)nc(-c3cccc4c5cccc(-c6nc(-c7ccc(C(C)(C)C)cc7)nc(-c7ccc(C(C)(C)C)cc7)n6)c5n(-c5cc6c7c(c5)-n5c8ccc(C(C)(C)C)cc8c8cc(C(C)(C)C)cc(c85)B7c5cc(C(C)(C)C)cc7c8cc(C(C)(C)C)ccc8n-6c57)c34)n2)cc1. The molecule has 9 nitrogen and oxygen atoms in total. The molecule has 0 amide bonds. The first kappa shape index (κ1) is 74.3. The summed E-state index contributed by atoms with van der Waals surface area (Å²) in [6, 6.07) is 78.6. The Morgan fingerprint density at radius 1 is 0.228 bits per heavy atom. The molecule has 0 fully saturated rings. The highest BCUT2D eigenvalue weighted by Crippen LogP contribution is 2.48. The summed E-state index contributed by atoms with van der Waals surface area (Å²) in [6.45, 7) is 55.3. The van der Waals surface area contributed by atoms with Crippen LogP contribution in [0.1, 0.15) is 211 Å². The molecule has 0 aliphatic carbocycles. The zero-order chi connectivity index (χ0) is 80.5. The van der Waals surface area contributed by atoms with E-state index in [0.717, 1.165) is 72.2 Å². The Kier molecular flexibility index (Phi) is 16.4. The van der Waals surface area contributed by atoms with E-state index < -0.39 is 0 Å². The van der Waals surface area contributed by atoms with Crippen molar-refractivity contribution < 1.29 is 0 Å². The van der Waals surface area contributed by atoms with Gasteiger partial charge in [-0.15, -0.1) is 0 Å². The van der Waals surface area contributed by atoms with Crippen molar-refractivity contribution in [3.05, 3.63) is 251 Å². The monoisotopic (exact) mass is 1490 g/mol. The van der Waals surface area contributed by atoms with Crippen LogP contribution in [0.25, 0.3) is 151 Å². The number of para-hydroxylation sites is 2. The van der Waals surface area contributed by atoms with Crippen LogP contribution in [-0.4, -0.2) is 50.3 Å². The average molecular weight is 1490 g/mol. The lowest BCUT2D eigenvalue weighted by molar-refractivity contribution is 0.590. The zero-order valence-electron chi connectivity index (χ0n) is 71.2. The maximum atomic E-state index is 5.72. The van der Waals surface area contributed by atoms with Gasteiger partial charge < -0.3 is 13.7 Å². The highest BCUT2D eigenvalue weighted by molar-refractivity contribution is 7.00. The first-order valence-corrected chi connectivity index (χ1v) is 41.0. The van der Waals surface area contributed by atoms with Crippen molar-refractivity contribution in [2.45, 2.75) is 209 Å². The van der Waals surface area contributed by atoms with Crippen LogP contribution in [0, 0.1) is 0 Å². The summed E-state index contributed by atoms with van der Waals surface area (Å²) in [7, 11) is 0. The predicted octanol–water partition coefficient (Wildman–Crippen LogP) is 24.9. The van der Waals surface area contributed by atoms with E-state index >= 15 is 0 Å². The Morgan fingerprint density at radius 3 is 0.789 bits per heavy atom. The number of hydrogen-bond acceptors (Lipinski definition) is 6. The number of benzene rings is 11. The maximum absolute atomic E-state index is 5.72. The molecule has 18 rings (SSSR count). The summed E-state index contributed by atoms with van der Waals surface area (Å²) in [4.78, 5) is 33.8. The summed E-state index contributed by atoms with van der Waals surface area (Å²) in [5.41, 5.74) is 28.6. The molecule has 0 radical (unpaired) electrons. The fraction of sp³-hybridized carbons (Fsp3) is 0.308. The molecule has 16 aromatic rings. The molecule has 0 spiro atoms. The molecule has 7 heterocycles. The van der Waals surface area contributed by atoms with Gasteiger partial charge in [0, 0.05) is 88.1 Å². The van der Waals surface area contributed by atoms with Gasteiger partial charge in [-0.05, 0) is 165 Å². The van der Waals surface area contributed by atoms with Crippen molar-refractivity contribution >= 4 is 88.5 Å². The van der Waals surface area contributed by atoms with Gasteiger partial charge >= 0.3 is 0 Å². The van der Waals surface area contributed by atoms with Gasteiger partial charge in [-0.3, -0.25) is 0 Å². The second kappa shape index (κ2) is 25.2. The topological polar surface area (TPSA) is 92.1 Å². The summed E-state index contributed by atoms with van der Waals surface area (Å²) < 4.78 is 7.86. The van der Waals surface area contributed by atoms with Crippen LogP contribution in [0.4, 0.5) is 0 Å². The minimum absolute atomic E-state index is 0.0641. The van der Waals surface area contributed by atoms with Crippen molar-refractivity contribution in [2.75, 3.05) is 0 Å². The Hall–Kier alpha value is -11.1. The van der Waals surface area contributed by atoms with E-state index in [1.165, 1.54) is 105 Å². The molecule has 11 aromatic carbocycles. The first-order chi connectivity index (χ1) is 53.5. The van der Waals surface area contributed by atoms with Crippen molar-refractivity contribution in [2.24, 2.45) is 0 Å². The minimum atomic E-state index is -0.170. The summed E-state index contributed by atoms with van der Waals surface area (Å²) in [6.07, 6.45) is 0. The lowest BCUT2D eigenvalue weighted by Crippen LogP contribution is -2.59. The van der Waals surface area contributed by atoms with Crippen LogP contribution in [0.5, 0.6) is 0 Å². The third-order valence-corrected chi connectivity index (χ3v) is 24.6. The number of hydrogen-bond donors (Lipinski definition) is 0. The van der Waals surface area contributed by atoms with E-state index in [0.29, 0.717) is 34.9 Å². The number of nitrogens with zero attached hydrogens (tertiary/aromatic N) is 9. The van der Waals surface area contributed by atoms with Crippen LogP contribution >= 0.6 is 0 Å². The van der Waals surface area contributed by atoms with Crippen LogP contribution in [0.2, 0.25) is 0 Å². The average Bonchev–Trinajstić information content (AvgIpc) is 1.47. The van der Waals surface area contributed by atoms with E-state index in [4.69, 9.17) is 29.9 Å². The molecule has 0 saturated carbocycles. The standard InChI is InChI=1S/C104H106BN9/c1-97(2,3)63-39-31-59(32-40-63)91-106-92(60-33-41-64(42-34-60)98(4,5)6)109-95(108-91)74-29-25-27-72-73-28-26-30-75(96-110-93(61-35-43-65(44-36-61)99(7,8)9)107-94(111-96)62-37-45-66(46-38-62)100(10,11)12)88(73)112(87(72)74)71-57-84-86-85(58-71)114-83-50-48-68(102(16,17)18)52-77(83)79-54-70(104(22,23)24)56-81(90(79)114)105(86)80-55-69(103(19,20)21)53-78-76-51-67(101(13,14)15)47-49-82(76)113(84)89(78)80/h25-58H,1-24H3. The molecule has 2 aliphatic rings. The van der Waals surface area contributed by atoms with Gasteiger partial charge in [0.2, 0.25) is 0 Å². The van der Waals surface area contributed by atoms with Gasteiger partial charge in [-0.1, -0.05) is 312 Å². The van der Waals surface area contributed by atoms with E-state index in [-0.39, 0.29) is 50.0 Å². The van der Waals surface area contributed by atoms with E-state index in [1.807, 2.05) is 0 Å². The molecule has 0 saturated heterocycles. The Bertz CT molecular complexity index is 6130. The van der Waals surface area contributed by atoms with E-state index in [9.17, 15) is 0 Å². The normalized spacial score (nSPS) is 13.6. The highest BCUT2D eigenvalue weighted by atomic mass is 15.1. The number of fused-ring (bicyclic) bond motifs is 13. The summed E-state index contributed by atoms with van der Waals surface area (Å²) >= 11 is 0. The van der Waals surface area contributed by atoms with Crippen molar-refractivity contribution in [1.82, 2.24) is 43.6 Å². The molecule has 114 heavy (non-hydrogen) atoms.